The zero-order valence-corrected chi connectivity index (χ0v) is 18.6. The van der Waals surface area contributed by atoms with Crippen LogP contribution in [0, 0.1) is 20.2 Å². The van der Waals surface area contributed by atoms with Crippen LogP contribution in [0.1, 0.15) is 43.5 Å². The highest BCUT2D eigenvalue weighted by molar-refractivity contribution is 6.02. The largest absolute Gasteiger partial charge is 0.392 e. The highest BCUT2D eigenvalue weighted by Crippen LogP contribution is 2.36. The molecular formula is C20H30N4O9. The van der Waals surface area contributed by atoms with Crippen molar-refractivity contribution >= 4 is 23.0 Å². The maximum atomic E-state index is 12.9. The summed E-state index contributed by atoms with van der Waals surface area (Å²) in [6.07, 6.45) is 0.387. The Labute approximate surface area is 190 Å². The molecular weight excluding hydrogens is 440 g/mol. The van der Waals surface area contributed by atoms with E-state index in [-0.39, 0.29) is 43.8 Å². The van der Waals surface area contributed by atoms with E-state index < -0.39 is 39.3 Å². The minimum atomic E-state index is -0.960. The molecule has 1 aromatic rings. The number of nitrogens with one attached hydrogen (secondary N) is 1. The van der Waals surface area contributed by atoms with E-state index in [1.807, 2.05) is 0 Å². The third-order valence-electron chi connectivity index (χ3n) is 4.84. The Hall–Kier alpha value is -2.87. The van der Waals surface area contributed by atoms with Crippen LogP contribution < -0.4 is 10.2 Å². The number of nitro groups is 2. The first kappa shape index (κ1) is 26.4. The fourth-order valence-electron chi connectivity index (χ4n) is 3.54. The minimum Gasteiger partial charge on any atom is -0.392 e. The summed E-state index contributed by atoms with van der Waals surface area (Å²) < 4.78 is 11.0. The van der Waals surface area contributed by atoms with Crippen LogP contribution in [0.25, 0.3) is 0 Å². The van der Waals surface area contributed by atoms with Gasteiger partial charge in [0.2, 0.25) is 0 Å². The summed E-state index contributed by atoms with van der Waals surface area (Å²) in [6.45, 7) is 3.35. The Morgan fingerprint density at radius 1 is 1.21 bits per heavy atom. The Balaban J connectivity index is 2.34. The van der Waals surface area contributed by atoms with Gasteiger partial charge in [-0.1, -0.05) is 0 Å². The van der Waals surface area contributed by atoms with Crippen molar-refractivity contribution in [2.75, 3.05) is 37.7 Å². The second-order valence-electron chi connectivity index (χ2n) is 7.90. The number of hydrogen-bond donors (Lipinski definition) is 3. The van der Waals surface area contributed by atoms with E-state index in [9.17, 15) is 35.2 Å². The quantitative estimate of drug-likeness (QED) is 0.229. The van der Waals surface area contributed by atoms with E-state index in [4.69, 9.17) is 9.47 Å². The van der Waals surface area contributed by atoms with Crippen molar-refractivity contribution in [3.8, 4) is 0 Å². The van der Waals surface area contributed by atoms with Gasteiger partial charge in [-0.25, -0.2) is 0 Å². The smallest absolute Gasteiger partial charge is 0.300 e. The molecule has 0 spiro atoms. The predicted octanol–water partition coefficient (Wildman–Crippen LogP) is 1.34. The monoisotopic (exact) mass is 470 g/mol. The van der Waals surface area contributed by atoms with E-state index in [0.717, 1.165) is 31.4 Å². The van der Waals surface area contributed by atoms with Gasteiger partial charge in [0.15, 0.2) is 6.29 Å². The summed E-state index contributed by atoms with van der Waals surface area (Å²) in [5.41, 5.74) is -1.84. The molecule has 3 atom stereocenters. The standard InChI is InChI=1S/C20H30N4O9/c1-13(25)11-22(12-14(2)26)19-16(9-15(23(28)29)10-17(19)24(30)31)20(27)21-6-8-33-18-5-3-4-7-32-18/h9-10,13-14,18,25-26H,3-8,11-12H2,1-2H3,(H,21,27). The van der Waals surface area contributed by atoms with Gasteiger partial charge in [0, 0.05) is 32.3 Å². The number of aliphatic hydroxyl groups is 2. The van der Waals surface area contributed by atoms with Crippen molar-refractivity contribution in [2.45, 2.75) is 51.6 Å². The first-order valence-corrected chi connectivity index (χ1v) is 10.7. The van der Waals surface area contributed by atoms with Crippen molar-refractivity contribution in [1.29, 1.82) is 0 Å². The lowest BCUT2D eigenvalue weighted by atomic mass is 10.1. The molecule has 0 radical (unpaired) electrons. The van der Waals surface area contributed by atoms with Crippen LogP contribution >= 0.6 is 0 Å². The molecule has 0 saturated carbocycles. The fourth-order valence-corrected chi connectivity index (χ4v) is 3.54. The molecule has 3 N–H and O–H groups in total. The van der Waals surface area contributed by atoms with E-state index in [2.05, 4.69) is 5.32 Å². The summed E-state index contributed by atoms with van der Waals surface area (Å²) >= 11 is 0. The average molecular weight is 470 g/mol. The number of benzene rings is 1. The van der Waals surface area contributed by atoms with E-state index in [0.29, 0.717) is 6.61 Å². The number of aliphatic hydroxyl groups excluding tert-OH is 2. The Bertz CT molecular complexity index is 831. The molecule has 0 aliphatic carbocycles. The average Bonchev–Trinajstić information content (AvgIpc) is 2.75. The number of anilines is 1. The SMILES string of the molecule is CC(O)CN(CC(C)O)c1c(C(=O)NCCOC2CCCCO2)cc([N+](=O)[O-])cc1[N+](=O)[O-]. The molecule has 13 nitrogen and oxygen atoms in total. The van der Waals surface area contributed by atoms with Crippen molar-refractivity contribution < 1.29 is 34.3 Å². The van der Waals surface area contributed by atoms with Crippen LogP contribution in [0.15, 0.2) is 12.1 Å². The number of ether oxygens (including phenoxy) is 2. The molecule has 1 aliphatic heterocycles. The molecule has 1 aliphatic rings. The van der Waals surface area contributed by atoms with Crippen LogP contribution in [-0.4, -0.2) is 77.3 Å². The fraction of sp³-hybridized carbons (Fsp3) is 0.650. The zero-order chi connectivity index (χ0) is 24.5. The maximum Gasteiger partial charge on any atom is 0.300 e. The summed E-state index contributed by atoms with van der Waals surface area (Å²) in [5.74, 6) is -0.786. The molecule has 184 valence electrons. The van der Waals surface area contributed by atoms with Crippen LogP contribution in [0.5, 0.6) is 0 Å². The van der Waals surface area contributed by atoms with Gasteiger partial charge in [0.25, 0.3) is 17.3 Å². The number of amides is 1. The summed E-state index contributed by atoms with van der Waals surface area (Å²) in [4.78, 5) is 35.7. The molecule has 13 heteroatoms. The number of rotatable bonds is 12. The third-order valence-corrected chi connectivity index (χ3v) is 4.84. The molecule has 1 saturated heterocycles. The Morgan fingerprint density at radius 2 is 1.88 bits per heavy atom. The van der Waals surface area contributed by atoms with Crippen LogP contribution in [0.4, 0.5) is 17.1 Å². The van der Waals surface area contributed by atoms with Gasteiger partial charge in [0.05, 0.1) is 40.3 Å². The molecule has 0 aromatic heterocycles. The second kappa shape index (κ2) is 12.4. The Kier molecular flexibility index (Phi) is 9.91. The highest BCUT2D eigenvalue weighted by Gasteiger charge is 2.32. The summed E-state index contributed by atoms with van der Waals surface area (Å²) in [7, 11) is 0. The van der Waals surface area contributed by atoms with Gasteiger partial charge in [-0.05, 0) is 33.1 Å². The molecule has 1 aromatic carbocycles. The predicted molar refractivity (Wildman–Crippen MR) is 117 cm³/mol. The number of non-ortho nitro benzene ring substituents is 1. The van der Waals surface area contributed by atoms with E-state index in [1.165, 1.54) is 18.7 Å². The molecule has 1 fully saturated rings. The number of nitrogens with zero attached hydrogens (tertiary/aromatic N) is 3. The first-order chi connectivity index (χ1) is 15.6. The zero-order valence-electron chi connectivity index (χ0n) is 18.6. The molecule has 33 heavy (non-hydrogen) atoms. The van der Waals surface area contributed by atoms with E-state index >= 15 is 0 Å². The van der Waals surface area contributed by atoms with Crippen molar-refractivity contribution in [2.24, 2.45) is 0 Å². The molecule has 3 unspecified atom stereocenters. The van der Waals surface area contributed by atoms with Crippen molar-refractivity contribution in [1.82, 2.24) is 5.32 Å². The Morgan fingerprint density at radius 3 is 2.39 bits per heavy atom. The number of hydrogen-bond acceptors (Lipinski definition) is 10. The van der Waals surface area contributed by atoms with Gasteiger partial charge in [-0.2, -0.15) is 0 Å². The normalized spacial score (nSPS) is 17.8. The van der Waals surface area contributed by atoms with Gasteiger partial charge >= 0.3 is 0 Å². The number of carbonyl (C=O) groups excluding carboxylic acids is 1. The number of carbonyl (C=O) groups is 1. The first-order valence-electron chi connectivity index (χ1n) is 10.7. The lowest BCUT2D eigenvalue weighted by Crippen LogP contribution is -2.39. The number of nitro benzene ring substituents is 2. The minimum absolute atomic E-state index is 0.0431. The summed E-state index contributed by atoms with van der Waals surface area (Å²) in [6, 6.07) is 1.70. The van der Waals surface area contributed by atoms with Gasteiger partial charge in [0.1, 0.15) is 5.69 Å². The lowest BCUT2D eigenvalue weighted by molar-refractivity contribution is -0.393. The van der Waals surface area contributed by atoms with Gasteiger partial charge in [-0.3, -0.25) is 25.0 Å². The molecule has 0 bridgehead atoms. The lowest BCUT2D eigenvalue weighted by Gasteiger charge is -2.28. The second-order valence-corrected chi connectivity index (χ2v) is 7.90. The summed E-state index contributed by atoms with van der Waals surface area (Å²) in [5, 5.41) is 45.4. The van der Waals surface area contributed by atoms with Crippen molar-refractivity contribution in [3.05, 3.63) is 37.9 Å². The van der Waals surface area contributed by atoms with Crippen LogP contribution in [-0.2, 0) is 9.47 Å². The van der Waals surface area contributed by atoms with Gasteiger partial charge < -0.3 is 29.9 Å². The van der Waals surface area contributed by atoms with Crippen LogP contribution in [0.3, 0.4) is 0 Å². The van der Waals surface area contributed by atoms with Gasteiger partial charge in [-0.15, -0.1) is 0 Å². The van der Waals surface area contributed by atoms with Crippen molar-refractivity contribution in [3.63, 3.8) is 0 Å². The third kappa shape index (κ3) is 7.89. The molecule has 2 rings (SSSR count). The highest BCUT2D eigenvalue weighted by atomic mass is 16.7. The maximum absolute atomic E-state index is 12.9. The van der Waals surface area contributed by atoms with Crippen LogP contribution in [0.2, 0.25) is 0 Å². The molecule has 1 amide bonds. The molecule has 1 heterocycles. The topological polar surface area (TPSA) is 178 Å². The van der Waals surface area contributed by atoms with E-state index in [1.54, 1.807) is 0 Å².